The fourth-order valence-corrected chi connectivity index (χ4v) is 1.89. The van der Waals surface area contributed by atoms with Gasteiger partial charge in [0.05, 0.1) is 13.2 Å². The van der Waals surface area contributed by atoms with Crippen LogP contribution in [0.5, 0.6) is 0 Å². The summed E-state index contributed by atoms with van der Waals surface area (Å²) in [6.07, 6.45) is 3.27. The van der Waals surface area contributed by atoms with Crippen LogP contribution in [0, 0.1) is 5.41 Å². The molecular formula is C14H16ClNO2. The normalized spacial score (nSPS) is 17.4. The molecule has 1 aromatic carbocycles. The molecule has 4 heteroatoms. The number of carbonyl (C=O) groups is 1. The maximum absolute atomic E-state index is 11.6. The highest BCUT2D eigenvalue weighted by molar-refractivity contribution is 6.30. The Labute approximate surface area is 112 Å². The highest BCUT2D eigenvalue weighted by Crippen LogP contribution is 2.24. The van der Waals surface area contributed by atoms with Crippen LogP contribution < -0.4 is 5.32 Å². The lowest BCUT2D eigenvalue weighted by atomic mass is 9.89. The largest absolute Gasteiger partial charge is 0.380 e. The molecule has 3 nitrogen and oxygen atoms in total. The number of benzene rings is 1. The molecule has 0 aromatic heterocycles. The summed E-state index contributed by atoms with van der Waals surface area (Å²) in [6.45, 7) is 4.17. The molecule has 0 radical (unpaired) electrons. The van der Waals surface area contributed by atoms with Gasteiger partial charge >= 0.3 is 0 Å². The predicted octanol–water partition coefficient (Wildman–Crippen LogP) is 2.51. The Hall–Kier alpha value is -1.32. The van der Waals surface area contributed by atoms with Crippen molar-refractivity contribution in [1.82, 2.24) is 5.32 Å². The first kappa shape index (κ1) is 13.1. The zero-order valence-electron chi connectivity index (χ0n) is 10.3. The summed E-state index contributed by atoms with van der Waals surface area (Å²) in [5.41, 5.74) is 1.01. The minimum atomic E-state index is -0.0944. The molecule has 1 aliphatic rings. The maximum atomic E-state index is 11.6. The van der Waals surface area contributed by atoms with Crippen molar-refractivity contribution in [2.75, 3.05) is 19.8 Å². The zero-order chi connectivity index (χ0) is 13.0. The quantitative estimate of drug-likeness (QED) is 0.850. The van der Waals surface area contributed by atoms with Crippen LogP contribution in [-0.4, -0.2) is 25.7 Å². The van der Waals surface area contributed by atoms with E-state index in [-0.39, 0.29) is 11.3 Å². The summed E-state index contributed by atoms with van der Waals surface area (Å²) >= 11 is 5.86. The monoisotopic (exact) mass is 265 g/mol. The molecule has 1 aliphatic heterocycles. The molecule has 0 bridgehead atoms. The third kappa shape index (κ3) is 3.59. The molecule has 0 atom stereocenters. The van der Waals surface area contributed by atoms with Crippen molar-refractivity contribution in [2.24, 2.45) is 5.41 Å². The summed E-state index contributed by atoms with van der Waals surface area (Å²) in [4.78, 5) is 11.6. The molecule has 0 unspecified atom stereocenters. The van der Waals surface area contributed by atoms with Gasteiger partial charge in [-0.3, -0.25) is 4.79 Å². The topological polar surface area (TPSA) is 38.3 Å². The molecule has 1 fully saturated rings. The van der Waals surface area contributed by atoms with E-state index in [1.165, 1.54) is 6.08 Å². The first-order valence-corrected chi connectivity index (χ1v) is 6.24. The highest BCUT2D eigenvalue weighted by Gasteiger charge is 2.33. The highest BCUT2D eigenvalue weighted by atomic mass is 35.5. The molecule has 0 aliphatic carbocycles. The Morgan fingerprint density at radius 3 is 2.94 bits per heavy atom. The lowest BCUT2D eigenvalue weighted by Crippen LogP contribution is -2.48. The van der Waals surface area contributed by atoms with Gasteiger partial charge in [-0.1, -0.05) is 30.7 Å². The molecular weight excluding hydrogens is 250 g/mol. The number of rotatable bonds is 4. The number of ether oxygens (including phenoxy) is 1. The average molecular weight is 266 g/mol. The summed E-state index contributed by atoms with van der Waals surface area (Å²) in [6, 6.07) is 7.37. The first-order chi connectivity index (χ1) is 8.57. The number of amides is 1. The molecule has 0 saturated carbocycles. The van der Waals surface area contributed by atoms with E-state index in [0.29, 0.717) is 24.8 Å². The van der Waals surface area contributed by atoms with Crippen molar-refractivity contribution in [3.05, 3.63) is 40.9 Å². The molecule has 18 heavy (non-hydrogen) atoms. The van der Waals surface area contributed by atoms with Crippen LogP contribution >= 0.6 is 11.6 Å². The van der Waals surface area contributed by atoms with Crippen molar-refractivity contribution in [1.29, 1.82) is 0 Å². The van der Waals surface area contributed by atoms with Crippen molar-refractivity contribution in [2.45, 2.75) is 6.92 Å². The van der Waals surface area contributed by atoms with E-state index in [2.05, 4.69) is 12.2 Å². The van der Waals surface area contributed by atoms with E-state index < -0.39 is 0 Å². The number of hydrogen-bond donors (Lipinski definition) is 1. The number of hydrogen-bond acceptors (Lipinski definition) is 2. The Kier molecular flexibility index (Phi) is 4.04. The Morgan fingerprint density at radius 2 is 2.33 bits per heavy atom. The van der Waals surface area contributed by atoms with Crippen LogP contribution in [0.25, 0.3) is 6.08 Å². The molecule has 96 valence electrons. The standard InChI is InChI=1S/C14H16ClNO2/c1-14(9-18-10-14)8-16-13(17)6-5-11-3-2-4-12(15)7-11/h2-7H,8-10H2,1H3,(H,16,17). The molecule has 1 heterocycles. The van der Waals surface area contributed by atoms with Gasteiger partial charge < -0.3 is 10.1 Å². The summed E-state index contributed by atoms with van der Waals surface area (Å²) in [5, 5.41) is 3.53. The third-order valence-corrected chi connectivity index (χ3v) is 3.10. The average Bonchev–Trinajstić information content (AvgIpc) is 2.31. The van der Waals surface area contributed by atoms with Crippen LogP contribution in [0.15, 0.2) is 30.3 Å². The summed E-state index contributed by atoms with van der Waals surface area (Å²) < 4.78 is 5.13. The minimum absolute atomic E-state index is 0.0944. The molecule has 0 spiro atoms. The van der Waals surface area contributed by atoms with Gasteiger partial charge in [0.1, 0.15) is 0 Å². The second-order valence-corrected chi connectivity index (χ2v) is 5.35. The van der Waals surface area contributed by atoms with Crippen molar-refractivity contribution >= 4 is 23.6 Å². The Bertz CT molecular complexity index is 467. The first-order valence-electron chi connectivity index (χ1n) is 5.87. The van der Waals surface area contributed by atoms with Crippen molar-refractivity contribution in [3.8, 4) is 0 Å². The van der Waals surface area contributed by atoms with Crippen molar-refractivity contribution < 1.29 is 9.53 Å². The van der Waals surface area contributed by atoms with Crippen LogP contribution in [0.1, 0.15) is 12.5 Å². The maximum Gasteiger partial charge on any atom is 0.244 e. The SMILES string of the molecule is CC1(CNC(=O)C=Cc2cccc(Cl)c2)COC1. The molecule has 1 N–H and O–H groups in total. The van der Waals surface area contributed by atoms with Gasteiger partial charge in [0.15, 0.2) is 0 Å². The van der Waals surface area contributed by atoms with E-state index in [4.69, 9.17) is 16.3 Å². The summed E-state index contributed by atoms with van der Waals surface area (Å²) in [5.74, 6) is -0.0944. The van der Waals surface area contributed by atoms with Crippen LogP contribution in [0.4, 0.5) is 0 Å². The van der Waals surface area contributed by atoms with Crippen LogP contribution in [-0.2, 0) is 9.53 Å². The van der Waals surface area contributed by atoms with E-state index in [1.807, 2.05) is 18.2 Å². The van der Waals surface area contributed by atoms with Crippen molar-refractivity contribution in [3.63, 3.8) is 0 Å². The lowest BCUT2D eigenvalue weighted by molar-refractivity contribution is -0.122. The minimum Gasteiger partial charge on any atom is -0.380 e. The lowest BCUT2D eigenvalue weighted by Gasteiger charge is -2.37. The summed E-state index contributed by atoms with van der Waals surface area (Å²) in [7, 11) is 0. The van der Waals surface area contributed by atoms with E-state index in [0.717, 1.165) is 5.56 Å². The second-order valence-electron chi connectivity index (χ2n) is 4.91. The van der Waals surface area contributed by atoms with Gasteiger partial charge in [0, 0.05) is 23.1 Å². The van der Waals surface area contributed by atoms with Gasteiger partial charge in [-0.25, -0.2) is 0 Å². The van der Waals surface area contributed by atoms with E-state index >= 15 is 0 Å². The molecule has 1 amide bonds. The Morgan fingerprint density at radius 1 is 1.56 bits per heavy atom. The van der Waals surface area contributed by atoms with Crippen LogP contribution in [0.3, 0.4) is 0 Å². The van der Waals surface area contributed by atoms with Gasteiger partial charge in [0.25, 0.3) is 0 Å². The zero-order valence-corrected chi connectivity index (χ0v) is 11.0. The molecule has 2 rings (SSSR count). The van der Waals surface area contributed by atoms with E-state index in [9.17, 15) is 4.79 Å². The van der Waals surface area contributed by atoms with Gasteiger partial charge in [0.2, 0.25) is 5.91 Å². The van der Waals surface area contributed by atoms with Gasteiger partial charge in [-0.15, -0.1) is 0 Å². The molecule has 1 aromatic rings. The van der Waals surface area contributed by atoms with Gasteiger partial charge in [-0.2, -0.15) is 0 Å². The number of carbonyl (C=O) groups excluding carboxylic acids is 1. The fraction of sp³-hybridized carbons (Fsp3) is 0.357. The number of nitrogens with one attached hydrogen (secondary N) is 1. The second kappa shape index (κ2) is 5.55. The van der Waals surface area contributed by atoms with Gasteiger partial charge in [-0.05, 0) is 23.8 Å². The Balaban J connectivity index is 1.83. The third-order valence-electron chi connectivity index (χ3n) is 2.87. The smallest absolute Gasteiger partial charge is 0.244 e. The molecule has 1 saturated heterocycles. The number of halogens is 1. The van der Waals surface area contributed by atoms with Crippen LogP contribution in [0.2, 0.25) is 5.02 Å². The predicted molar refractivity (Wildman–Crippen MR) is 72.4 cm³/mol. The fourth-order valence-electron chi connectivity index (χ4n) is 1.69. The van der Waals surface area contributed by atoms with E-state index in [1.54, 1.807) is 12.1 Å².